The highest BCUT2D eigenvalue weighted by Gasteiger charge is 2.10. The van der Waals surface area contributed by atoms with Crippen molar-refractivity contribution in [3.63, 3.8) is 0 Å². The smallest absolute Gasteiger partial charge is 0.255 e. The van der Waals surface area contributed by atoms with Gasteiger partial charge in [0.1, 0.15) is 6.07 Å². The van der Waals surface area contributed by atoms with Crippen molar-refractivity contribution in [3.8, 4) is 17.3 Å². The summed E-state index contributed by atoms with van der Waals surface area (Å²) in [6.45, 7) is 1.89. The molecule has 5 heteroatoms. The Morgan fingerprint density at radius 1 is 1.16 bits per heavy atom. The summed E-state index contributed by atoms with van der Waals surface area (Å²) in [5.74, 6) is -0.248. The van der Waals surface area contributed by atoms with Gasteiger partial charge in [-0.1, -0.05) is 24.3 Å². The first-order valence-electron chi connectivity index (χ1n) is 7.71. The average Bonchev–Trinajstić information content (AvgIpc) is 2.63. The lowest BCUT2D eigenvalue weighted by atomic mass is 10.0. The molecular formula is C20H16N4O. The van der Waals surface area contributed by atoms with E-state index in [4.69, 9.17) is 5.73 Å². The molecule has 1 aromatic heterocycles. The average molecular weight is 328 g/mol. The number of para-hydroxylation sites is 2. The number of nitrogens with one attached hydrogen (secondary N) is 1. The van der Waals surface area contributed by atoms with Crippen molar-refractivity contribution >= 4 is 17.3 Å². The number of pyridine rings is 1. The zero-order valence-electron chi connectivity index (χ0n) is 13.7. The lowest BCUT2D eigenvalue weighted by Gasteiger charge is -2.09. The van der Waals surface area contributed by atoms with Crippen LogP contribution in [0.3, 0.4) is 0 Å². The van der Waals surface area contributed by atoms with Crippen LogP contribution in [0.15, 0.2) is 60.8 Å². The fraction of sp³-hybridized carbons (Fsp3) is 0.0500. The number of nitrogen functional groups attached to an aromatic ring is 1. The van der Waals surface area contributed by atoms with Gasteiger partial charge in [0.2, 0.25) is 0 Å². The third-order valence-corrected chi connectivity index (χ3v) is 3.77. The standard InChI is InChI=1S/C20H16N4O/c1-13-10-16(11-21)19(23-12-13)14-6-8-15(9-7-14)20(25)24-18-5-3-2-4-17(18)22/h2-10,12H,22H2,1H3,(H,24,25). The van der Waals surface area contributed by atoms with Gasteiger partial charge >= 0.3 is 0 Å². The van der Waals surface area contributed by atoms with Crippen molar-refractivity contribution < 1.29 is 4.79 Å². The molecule has 5 nitrogen and oxygen atoms in total. The van der Waals surface area contributed by atoms with Crippen molar-refractivity contribution in [2.45, 2.75) is 6.92 Å². The Labute approximate surface area is 145 Å². The van der Waals surface area contributed by atoms with E-state index in [1.165, 1.54) is 0 Å². The Hall–Kier alpha value is -3.65. The number of amides is 1. The predicted molar refractivity (Wildman–Crippen MR) is 97.9 cm³/mol. The molecule has 25 heavy (non-hydrogen) atoms. The number of carbonyl (C=O) groups excluding carboxylic acids is 1. The number of anilines is 2. The maximum atomic E-state index is 12.3. The largest absolute Gasteiger partial charge is 0.397 e. The summed E-state index contributed by atoms with van der Waals surface area (Å²) in [6.07, 6.45) is 1.72. The molecule has 0 bridgehead atoms. The minimum absolute atomic E-state index is 0.248. The topological polar surface area (TPSA) is 91.8 Å². The van der Waals surface area contributed by atoms with E-state index in [9.17, 15) is 10.1 Å². The van der Waals surface area contributed by atoms with E-state index in [0.717, 1.165) is 11.1 Å². The van der Waals surface area contributed by atoms with Crippen LogP contribution >= 0.6 is 0 Å². The van der Waals surface area contributed by atoms with Crippen LogP contribution in [0.5, 0.6) is 0 Å². The molecule has 0 aliphatic heterocycles. The maximum absolute atomic E-state index is 12.3. The van der Waals surface area contributed by atoms with Gasteiger partial charge in [-0.15, -0.1) is 0 Å². The van der Waals surface area contributed by atoms with Crippen molar-refractivity contribution in [2.24, 2.45) is 0 Å². The van der Waals surface area contributed by atoms with Crippen LogP contribution in [-0.4, -0.2) is 10.9 Å². The van der Waals surface area contributed by atoms with Crippen LogP contribution in [0.2, 0.25) is 0 Å². The molecule has 0 aliphatic carbocycles. The minimum Gasteiger partial charge on any atom is -0.397 e. The van der Waals surface area contributed by atoms with Crippen LogP contribution in [-0.2, 0) is 0 Å². The van der Waals surface area contributed by atoms with Gasteiger partial charge in [0.25, 0.3) is 5.91 Å². The van der Waals surface area contributed by atoms with E-state index in [-0.39, 0.29) is 5.91 Å². The summed E-state index contributed by atoms with van der Waals surface area (Å²) in [4.78, 5) is 16.7. The molecular weight excluding hydrogens is 312 g/mol. The summed E-state index contributed by atoms with van der Waals surface area (Å²) >= 11 is 0. The zero-order valence-corrected chi connectivity index (χ0v) is 13.7. The van der Waals surface area contributed by atoms with Gasteiger partial charge in [-0.25, -0.2) is 0 Å². The molecule has 3 rings (SSSR count). The highest BCUT2D eigenvalue weighted by atomic mass is 16.1. The van der Waals surface area contributed by atoms with Gasteiger partial charge in [-0.05, 0) is 42.8 Å². The van der Waals surface area contributed by atoms with E-state index in [2.05, 4.69) is 16.4 Å². The number of nitrogens with zero attached hydrogens (tertiary/aromatic N) is 2. The van der Waals surface area contributed by atoms with E-state index < -0.39 is 0 Å². The normalized spacial score (nSPS) is 10.1. The Morgan fingerprint density at radius 3 is 2.56 bits per heavy atom. The first-order chi connectivity index (χ1) is 12.1. The molecule has 0 spiro atoms. The van der Waals surface area contributed by atoms with Crippen LogP contribution in [0.1, 0.15) is 21.5 Å². The molecule has 2 aromatic carbocycles. The molecule has 0 radical (unpaired) electrons. The van der Waals surface area contributed by atoms with Crippen LogP contribution < -0.4 is 11.1 Å². The number of benzene rings is 2. The number of rotatable bonds is 3. The number of hydrogen-bond donors (Lipinski definition) is 2. The second kappa shape index (κ2) is 6.85. The summed E-state index contributed by atoms with van der Waals surface area (Å²) in [5, 5.41) is 12.1. The van der Waals surface area contributed by atoms with Crippen LogP contribution in [0.4, 0.5) is 11.4 Å². The number of aryl methyl sites for hydroxylation is 1. The fourth-order valence-electron chi connectivity index (χ4n) is 2.47. The van der Waals surface area contributed by atoms with Gasteiger partial charge in [-0.3, -0.25) is 9.78 Å². The molecule has 0 fully saturated rings. The van der Waals surface area contributed by atoms with Crippen molar-refractivity contribution in [1.82, 2.24) is 4.98 Å². The highest BCUT2D eigenvalue weighted by Crippen LogP contribution is 2.23. The monoisotopic (exact) mass is 328 g/mol. The van der Waals surface area contributed by atoms with Crippen LogP contribution in [0.25, 0.3) is 11.3 Å². The Balaban J connectivity index is 1.84. The fourth-order valence-corrected chi connectivity index (χ4v) is 2.47. The molecule has 0 saturated carbocycles. The molecule has 3 N–H and O–H groups in total. The van der Waals surface area contributed by atoms with E-state index in [1.807, 2.05) is 13.0 Å². The van der Waals surface area contributed by atoms with Gasteiger partial charge in [0, 0.05) is 17.3 Å². The molecule has 0 aliphatic rings. The maximum Gasteiger partial charge on any atom is 0.255 e. The van der Waals surface area contributed by atoms with Gasteiger partial charge < -0.3 is 11.1 Å². The number of hydrogen-bond acceptors (Lipinski definition) is 4. The molecule has 0 unspecified atom stereocenters. The molecule has 0 saturated heterocycles. The molecule has 3 aromatic rings. The van der Waals surface area contributed by atoms with Gasteiger partial charge in [0.15, 0.2) is 0 Å². The lowest BCUT2D eigenvalue weighted by molar-refractivity contribution is 0.102. The second-order valence-electron chi connectivity index (χ2n) is 5.64. The van der Waals surface area contributed by atoms with Crippen molar-refractivity contribution in [1.29, 1.82) is 5.26 Å². The SMILES string of the molecule is Cc1cnc(-c2ccc(C(=O)Nc3ccccc3N)cc2)c(C#N)c1. The lowest BCUT2D eigenvalue weighted by Crippen LogP contribution is -2.13. The third-order valence-electron chi connectivity index (χ3n) is 3.77. The predicted octanol–water partition coefficient (Wildman–Crippen LogP) is 3.76. The zero-order chi connectivity index (χ0) is 17.8. The first-order valence-corrected chi connectivity index (χ1v) is 7.71. The Bertz CT molecular complexity index is 972. The summed E-state index contributed by atoms with van der Waals surface area (Å²) in [5.41, 5.74) is 10.2. The number of aromatic nitrogens is 1. The Morgan fingerprint density at radius 2 is 1.88 bits per heavy atom. The second-order valence-corrected chi connectivity index (χ2v) is 5.64. The number of nitrogens with two attached hydrogens (primary N) is 1. The molecule has 0 atom stereocenters. The van der Waals surface area contributed by atoms with Crippen LogP contribution in [0, 0.1) is 18.3 Å². The summed E-state index contributed by atoms with van der Waals surface area (Å²) < 4.78 is 0. The van der Waals surface area contributed by atoms with Gasteiger partial charge in [0.05, 0.1) is 22.6 Å². The van der Waals surface area contributed by atoms with E-state index >= 15 is 0 Å². The third kappa shape index (κ3) is 3.48. The summed E-state index contributed by atoms with van der Waals surface area (Å²) in [6, 6.07) is 18.0. The molecule has 1 heterocycles. The number of carbonyl (C=O) groups is 1. The quantitative estimate of drug-likeness (QED) is 0.716. The van der Waals surface area contributed by atoms with Crippen molar-refractivity contribution in [2.75, 3.05) is 11.1 Å². The number of nitriles is 1. The van der Waals surface area contributed by atoms with E-state index in [0.29, 0.717) is 28.2 Å². The van der Waals surface area contributed by atoms with Gasteiger partial charge in [-0.2, -0.15) is 5.26 Å². The van der Waals surface area contributed by atoms with Crippen molar-refractivity contribution in [3.05, 3.63) is 77.5 Å². The minimum atomic E-state index is -0.248. The summed E-state index contributed by atoms with van der Waals surface area (Å²) in [7, 11) is 0. The first kappa shape index (κ1) is 16.2. The molecule has 122 valence electrons. The Kier molecular flexibility index (Phi) is 4.44. The van der Waals surface area contributed by atoms with E-state index in [1.54, 1.807) is 54.7 Å². The highest BCUT2D eigenvalue weighted by molar-refractivity contribution is 6.05. The molecule has 1 amide bonds.